The molecule has 0 aliphatic carbocycles. The third-order valence-electron chi connectivity index (χ3n) is 6.52. The number of benzene rings is 4. The first-order chi connectivity index (χ1) is 23.2. The van der Waals surface area contributed by atoms with Crippen molar-refractivity contribution in [2.75, 3.05) is 30.6 Å². The average Bonchev–Trinajstić information content (AvgIpc) is 3.08. The molecule has 4 rings (SSSR count). The summed E-state index contributed by atoms with van der Waals surface area (Å²) in [6, 6.07) is 18.7. The van der Waals surface area contributed by atoms with Crippen LogP contribution in [0.2, 0.25) is 0 Å². The molecule has 0 aliphatic rings. The van der Waals surface area contributed by atoms with Crippen LogP contribution in [-0.2, 0) is 15.8 Å². The summed E-state index contributed by atoms with van der Waals surface area (Å²) in [5.41, 5.74) is -3.74. The molecule has 256 valence electrons. The van der Waals surface area contributed by atoms with Gasteiger partial charge in [0, 0.05) is 16.1 Å². The second kappa shape index (κ2) is 15.6. The van der Waals surface area contributed by atoms with Gasteiger partial charge in [0.15, 0.2) is 34.8 Å². The maximum absolute atomic E-state index is 14.2. The number of rotatable bonds is 11. The Morgan fingerprint density at radius 3 is 2.04 bits per heavy atom. The summed E-state index contributed by atoms with van der Waals surface area (Å²) in [6.07, 6.45) is -4.34. The maximum atomic E-state index is 14.2. The SMILES string of the molecule is COc1ccc(/C=C(/NC(=O)c2ccccc2)C(=O)Nc2cccc(SCC(=O)Nc3c(F)c(F)c(C(F)(F)F)c(F)c3F)c2)cc1OC. The number of methoxy groups -OCH3 is 2. The number of alkyl halides is 3. The predicted octanol–water partition coefficient (Wildman–Crippen LogP) is 7.42. The second-order valence-corrected chi connectivity index (χ2v) is 10.9. The first-order valence-corrected chi connectivity index (χ1v) is 14.8. The molecule has 0 aliphatic heterocycles. The minimum atomic E-state index is -5.73. The Kier molecular flexibility index (Phi) is 11.6. The van der Waals surface area contributed by atoms with E-state index in [2.05, 4.69) is 10.6 Å². The average molecular weight is 708 g/mol. The Morgan fingerprint density at radius 2 is 1.43 bits per heavy atom. The summed E-state index contributed by atoms with van der Waals surface area (Å²) in [6.45, 7) is 0. The minimum Gasteiger partial charge on any atom is -0.493 e. The van der Waals surface area contributed by atoms with Crippen LogP contribution < -0.4 is 25.4 Å². The third-order valence-corrected chi connectivity index (χ3v) is 7.51. The first kappa shape index (κ1) is 36.3. The van der Waals surface area contributed by atoms with Crippen LogP contribution in [0.15, 0.2) is 83.4 Å². The normalized spacial score (nSPS) is 11.5. The molecule has 0 spiro atoms. The lowest BCUT2D eigenvalue weighted by Gasteiger charge is -2.14. The quantitative estimate of drug-likeness (QED) is 0.0649. The number of carbonyl (C=O) groups excluding carboxylic acids is 3. The van der Waals surface area contributed by atoms with Crippen molar-refractivity contribution in [1.29, 1.82) is 0 Å². The number of thioether (sulfide) groups is 1. The molecule has 4 aromatic rings. The van der Waals surface area contributed by atoms with Gasteiger partial charge in [-0.2, -0.15) is 13.2 Å². The summed E-state index contributed by atoms with van der Waals surface area (Å²) in [4.78, 5) is 39.0. The molecule has 0 saturated carbocycles. The van der Waals surface area contributed by atoms with Gasteiger partial charge in [-0.1, -0.05) is 30.3 Å². The van der Waals surface area contributed by atoms with Gasteiger partial charge in [0.2, 0.25) is 5.91 Å². The fraction of sp³-hybridized carbons (Fsp3) is 0.121. The van der Waals surface area contributed by atoms with Gasteiger partial charge in [-0.25, -0.2) is 17.6 Å². The molecule has 0 fully saturated rings. The van der Waals surface area contributed by atoms with Crippen LogP contribution in [0, 0.1) is 23.3 Å². The van der Waals surface area contributed by atoms with E-state index in [4.69, 9.17) is 9.47 Å². The first-order valence-electron chi connectivity index (χ1n) is 13.8. The second-order valence-electron chi connectivity index (χ2n) is 9.82. The van der Waals surface area contributed by atoms with Crippen molar-refractivity contribution in [2.45, 2.75) is 11.1 Å². The van der Waals surface area contributed by atoms with Gasteiger partial charge < -0.3 is 25.4 Å². The molecule has 4 aromatic carbocycles. The van der Waals surface area contributed by atoms with Gasteiger partial charge in [0.25, 0.3) is 11.8 Å². The van der Waals surface area contributed by atoms with E-state index in [-0.39, 0.29) is 16.9 Å². The van der Waals surface area contributed by atoms with Crippen molar-refractivity contribution < 1.29 is 54.6 Å². The number of hydrogen-bond acceptors (Lipinski definition) is 6. The molecular weight excluding hydrogens is 683 g/mol. The molecule has 0 heterocycles. The highest BCUT2D eigenvalue weighted by Crippen LogP contribution is 2.38. The molecule has 0 atom stereocenters. The monoisotopic (exact) mass is 707 g/mol. The Bertz CT molecular complexity index is 1890. The number of anilines is 2. The molecule has 0 unspecified atom stereocenters. The van der Waals surface area contributed by atoms with Crippen molar-refractivity contribution in [1.82, 2.24) is 5.32 Å². The van der Waals surface area contributed by atoms with Gasteiger partial charge in [-0.05, 0) is 54.1 Å². The lowest BCUT2D eigenvalue weighted by atomic mass is 10.1. The fourth-order valence-electron chi connectivity index (χ4n) is 4.23. The minimum absolute atomic E-state index is 0.168. The van der Waals surface area contributed by atoms with Crippen LogP contribution >= 0.6 is 11.8 Å². The van der Waals surface area contributed by atoms with Crippen molar-refractivity contribution >= 4 is 46.9 Å². The molecule has 49 heavy (non-hydrogen) atoms. The molecule has 0 bridgehead atoms. The summed E-state index contributed by atoms with van der Waals surface area (Å²) in [7, 11) is 2.88. The molecule has 0 radical (unpaired) electrons. The van der Waals surface area contributed by atoms with Gasteiger partial charge in [0.05, 0.1) is 20.0 Å². The summed E-state index contributed by atoms with van der Waals surface area (Å²) in [5, 5.41) is 6.74. The van der Waals surface area contributed by atoms with E-state index < -0.39 is 64.2 Å². The molecular formula is C33H24F7N3O5S. The van der Waals surface area contributed by atoms with Gasteiger partial charge in [-0.3, -0.25) is 14.4 Å². The Labute approximate surface area is 278 Å². The molecule has 3 amide bonds. The summed E-state index contributed by atoms with van der Waals surface area (Å²) >= 11 is 0.757. The number of amides is 3. The lowest BCUT2D eigenvalue weighted by molar-refractivity contribution is -0.143. The van der Waals surface area contributed by atoms with E-state index in [9.17, 15) is 45.1 Å². The van der Waals surface area contributed by atoms with Crippen LogP contribution in [0.4, 0.5) is 42.1 Å². The summed E-state index contributed by atoms with van der Waals surface area (Å²) in [5.74, 6) is -12.6. The van der Waals surface area contributed by atoms with Crippen molar-refractivity contribution in [3.05, 3.63) is 118 Å². The third kappa shape index (κ3) is 8.90. The number of ether oxygens (including phenoxy) is 2. The van der Waals surface area contributed by atoms with Crippen LogP contribution in [0.1, 0.15) is 21.5 Å². The topological polar surface area (TPSA) is 106 Å². The Balaban J connectivity index is 1.51. The molecule has 8 nitrogen and oxygen atoms in total. The highest BCUT2D eigenvalue weighted by atomic mass is 32.2. The maximum Gasteiger partial charge on any atom is 0.422 e. The number of hydrogen-bond donors (Lipinski definition) is 3. The van der Waals surface area contributed by atoms with Gasteiger partial charge in [0.1, 0.15) is 16.9 Å². The number of nitrogens with one attached hydrogen (secondary N) is 3. The predicted molar refractivity (Wildman–Crippen MR) is 167 cm³/mol. The molecule has 16 heteroatoms. The molecule has 3 N–H and O–H groups in total. The van der Waals surface area contributed by atoms with E-state index in [1.165, 1.54) is 44.6 Å². The zero-order valence-electron chi connectivity index (χ0n) is 25.3. The number of halogens is 7. The summed E-state index contributed by atoms with van der Waals surface area (Å²) < 4.78 is 105. The van der Waals surface area contributed by atoms with Crippen LogP contribution in [0.3, 0.4) is 0 Å². The zero-order valence-corrected chi connectivity index (χ0v) is 26.1. The van der Waals surface area contributed by atoms with E-state index in [1.54, 1.807) is 53.8 Å². The molecule has 0 saturated heterocycles. The number of carbonyl (C=O) groups is 3. The fourth-order valence-corrected chi connectivity index (χ4v) is 4.98. The Hall–Kier alpha value is -5.51. The molecule has 0 aromatic heterocycles. The zero-order chi connectivity index (χ0) is 35.9. The van der Waals surface area contributed by atoms with Crippen molar-refractivity contribution in [3.63, 3.8) is 0 Å². The van der Waals surface area contributed by atoms with Gasteiger partial charge in [-0.15, -0.1) is 11.8 Å². The largest absolute Gasteiger partial charge is 0.493 e. The van der Waals surface area contributed by atoms with E-state index in [1.807, 2.05) is 0 Å². The highest BCUT2D eigenvalue weighted by molar-refractivity contribution is 8.00. The van der Waals surface area contributed by atoms with Crippen LogP contribution in [-0.4, -0.2) is 37.7 Å². The standard InChI is InChI=1S/C33H24F7N3O5S/c1-47-22-12-11-17(14-23(22)48-2)13-21(42-31(45)18-7-4-3-5-8-18)32(46)41-19-9-6-10-20(15-19)49-16-24(44)43-30-28(36)26(34)25(33(38,39)40)27(35)29(30)37/h3-15H,16H2,1-2H3,(H,41,46)(H,42,45)(H,43,44)/b21-13+. The van der Waals surface area contributed by atoms with Crippen molar-refractivity contribution in [2.24, 2.45) is 0 Å². The Morgan fingerprint density at radius 1 is 0.776 bits per heavy atom. The smallest absolute Gasteiger partial charge is 0.422 e. The van der Waals surface area contributed by atoms with E-state index in [0.29, 0.717) is 22.0 Å². The van der Waals surface area contributed by atoms with Gasteiger partial charge >= 0.3 is 6.18 Å². The van der Waals surface area contributed by atoms with Crippen molar-refractivity contribution in [3.8, 4) is 11.5 Å². The van der Waals surface area contributed by atoms with Crippen LogP contribution in [0.5, 0.6) is 11.5 Å². The van der Waals surface area contributed by atoms with Crippen LogP contribution in [0.25, 0.3) is 6.08 Å². The highest BCUT2D eigenvalue weighted by Gasteiger charge is 2.42. The van der Waals surface area contributed by atoms with E-state index >= 15 is 0 Å². The lowest BCUT2D eigenvalue weighted by Crippen LogP contribution is -2.30. The van der Waals surface area contributed by atoms with E-state index in [0.717, 1.165) is 11.8 Å².